The van der Waals surface area contributed by atoms with Gasteiger partial charge in [-0.25, -0.2) is 0 Å². The average molecular weight is 384 g/mol. The first-order valence-corrected chi connectivity index (χ1v) is 11.1. The number of amides is 2. The van der Waals surface area contributed by atoms with E-state index in [-0.39, 0.29) is 11.8 Å². The van der Waals surface area contributed by atoms with Crippen molar-refractivity contribution in [3.63, 3.8) is 0 Å². The second-order valence-electron chi connectivity index (χ2n) is 8.72. The molecule has 5 heteroatoms. The molecule has 28 heavy (non-hydrogen) atoms. The Morgan fingerprint density at radius 3 is 2.18 bits per heavy atom. The number of anilines is 2. The van der Waals surface area contributed by atoms with E-state index in [9.17, 15) is 9.59 Å². The number of nitrogens with zero attached hydrogens (tertiary/aromatic N) is 2. The summed E-state index contributed by atoms with van der Waals surface area (Å²) in [6.45, 7) is 3.37. The summed E-state index contributed by atoms with van der Waals surface area (Å²) in [5.41, 5.74) is 2.04. The first-order valence-electron chi connectivity index (χ1n) is 11.1. The Labute approximate surface area is 168 Å². The summed E-state index contributed by atoms with van der Waals surface area (Å²) in [6, 6.07) is 8.14. The van der Waals surface area contributed by atoms with Gasteiger partial charge >= 0.3 is 0 Å². The maximum absolute atomic E-state index is 12.5. The molecule has 1 saturated heterocycles. The molecule has 3 fully saturated rings. The number of hydrogen-bond acceptors (Lipinski definition) is 3. The lowest BCUT2D eigenvalue weighted by molar-refractivity contribution is -0.131. The lowest BCUT2D eigenvalue weighted by Gasteiger charge is -2.36. The molecular weight excluding hydrogens is 350 g/mol. The summed E-state index contributed by atoms with van der Waals surface area (Å²) in [7, 11) is 0. The van der Waals surface area contributed by atoms with Crippen LogP contribution >= 0.6 is 0 Å². The van der Waals surface area contributed by atoms with Gasteiger partial charge in [0.1, 0.15) is 0 Å². The van der Waals surface area contributed by atoms with E-state index in [0.717, 1.165) is 63.5 Å². The number of piperazine rings is 1. The zero-order valence-electron chi connectivity index (χ0n) is 16.9. The van der Waals surface area contributed by atoms with Gasteiger partial charge in [0.2, 0.25) is 11.8 Å². The molecule has 0 spiro atoms. The average Bonchev–Trinajstić information content (AvgIpc) is 3.19. The van der Waals surface area contributed by atoms with E-state index in [2.05, 4.69) is 22.3 Å². The van der Waals surface area contributed by atoms with Crippen LogP contribution in [0.3, 0.4) is 0 Å². The summed E-state index contributed by atoms with van der Waals surface area (Å²) in [4.78, 5) is 28.9. The fourth-order valence-corrected chi connectivity index (χ4v) is 4.67. The maximum Gasteiger partial charge on any atom is 0.227 e. The molecule has 0 atom stereocenters. The molecule has 152 valence electrons. The van der Waals surface area contributed by atoms with E-state index in [0.29, 0.717) is 5.91 Å². The minimum Gasteiger partial charge on any atom is -0.368 e. The first kappa shape index (κ1) is 19.3. The smallest absolute Gasteiger partial charge is 0.227 e. The SMILES string of the molecule is O=C(Nc1ccc(N2CCN(C(=O)CCC3CCCC3)CC2)cc1)C1CCC1. The summed E-state index contributed by atoms with van der Waals surface area (Å²) >= 11 is 0. The van der Waals surface area contributed by atoms with Gasteiger partial charge < -0.3 is 15.1 Å². The standard InChI is InChI=1S/C23H33N3O2/c27-22(13-8-18-4-1-2-5-18)26-16-14-25(15-17-26)21-11-9-20(10-12-21)24-23(28)19-6-3-7-19/h9-12,18-19H,1-8,13-17H2,(H,24,28). The van der Waals surface area contributed by atoms with Gasteiger partial charge in [-0.1, -0.05) is 32.1 Å². The molecule has 2 saturated carbocycles. The second kappa shape index (κ2) is 8.97. The highest BCUT2D eigenvalue weighted by molar-refractivity contribution is 5.93. The van der Waals surface area contributed by atoms with E-state index < -0.39 is 0 Å². The van der Waals surface area contributed by atoms with Crippen LogP contribution in [0, 0.1) is 11.8 Å². The minimum atomic E-state index is 0.156. The van der Waals surface area contributed by atoms with Crippen molar-refractivity contribution >= 4 is 23.2 Å². The summed E-state index contributed by atoms with van der Waals surface area (Å²) in [5, 5.41) is 3.02. The molecule has 0 bridgehead atoms. The van der Waals surface area contributed by atoms with Crippen molar-refractivity contribution in [1.29, 1.82) is 0 Å². The molecule has 0 unspecified atom stereocenters. The van der Waals surface area contributed by atoms with Crippen molar-refractivity contribution < 1.29 is 9.59 Å². The van der Waals surface area contributed by atoms with Crippen LogP contribution < -0.4 is 10.2 Å². The van der Waals surface area contributed by atoms with Crippen LogP contribution in [-0.4, -0.2) is 42.9 Å². The van der Waals surface area contributed by atoms with E-state index in [1.807, 2.05) is 17.0 Å². The molecule has 1 aromatic carbocycles. The molecule has 4 rings (SSSR count). The lowest BCUT2D eigenvalue weighted by atomic mass is 9.85. The van der Waals surface area contributed by atoms with Crippen LogP contribution in [-0.2, 0) is 9.59 Å². The molecular formula is C23H33N3O2. The number of carbonyl (C=O) groups is 2. The Bertz CT molecular complexity index is 670. The summed E-state index contributed by atoms with van der Waals surface area (Å²) < 4.78 is 0. The third-order valence-corrected chi connectivity index (χ3v) is 6.85. The Hall–Kier alpha value is -2.04. The number of benzene rings is 1. The van der Waals surface area contributed by atoms with Gasteiger partial charge in [-0.3, -0.25) is 9.59 Å². The fourth-order valence-electron chi connectivity index (χ4n) is 4.67. The van der Waals surface area contributed by atoms with Gasteiger partial charge in [-0.05, 0) is 49.4 Å². The predicted molar refractivity (Wildman–Crippen MR) is 112 cm³/mol. The molecule has 3 aliphatic rings. The van der Waals surface area contributed by atoms with Crippen molar-refractivity contribution in [2.45, 2.75) is 57.8 Å². The highest BCUT2D eigenvalue weighted by Crippen LogP contribution is 2.29. The summed E-state index contributed by atoms with van der Waals surface area (Å²) in [6.07, 6.45) is 10.3. The van der Waals surface area contributed by atoms with Crippen LogP contribution in [0.1, 0.15) is 57.8 Å². The highest BCUT2D eigenvalue weighted by atomic mass is 16.2. The van der Waals surface area contributed by atoms with Crippen LogP contribution in [0.5, 0.6) is 0 Å². The van der Waals surface area contributed by atoms with Crippen molar-refractivity contribution in [2.75, 3.05) is 36.4 Å². The van der Waals surface area contributed by atoms with Gasteiger partial charge in [0.25, 0.3) is 0 Å². The largest absolute Gasteiger partial charge is 0.368 e. The Morgan fingerprint density at radius 1 is 0.893 bits per heavy atom. The summed E-state index contributed by atoms with van der Waals surface area (Å²) in [5.74, 6) is 1.48. The van der Waals surface area contributed by atoms with Crippen LogP contribution in [0.15, 0.2) is 24.3 Å². The lowest BCUT2D eigenvalue weighted by Crippen LogP contribution is -2.48. The monoisotopic (exact) mass is 383 g/mol. The second-order valence-corrected chi connectivity index (χ2v) is 8.72. The number of nitrogens with one attached hydrogen (secondary N) is 1. The number of hydrogen-bond donors (Lipinski definition) is 1. The molecule has 2 aliphatic carbocycles. The van der Waals surface area contributed by atoms with Gasteiger partial charge in [0, 0.05) is 49.9 Å². The van der Waals surface area contributed by atoms with Crippen LogP contribution in [0.4, 0.5) is 11.4 Å². The normalized spacial score (nSPS) is 20.9. The van der Waals surface area contributed by atoms with Crippen molar-refractivity contribution in [3.8, 4) is 0 Å². The highest BCUT2D eigenvalue weighted by Gasteiger charge is 2.25. The Morgan fingerprint density at radius 2 is 1.57 bits per heavy atom. The molecule has 0 radical (unpaired) electrons. The zero-order valence-corrected chi connectivity index (χ0v) is 16.9. The van der Waals surface area contributed by atoms with Crippen LogP contribution in [0.2, 0.25) is 0 Å². The molecule has 2 amide bonds. The van der Waals surface area contributed by atoms with Crippen molar-refractivity contribution in [2.24, 2.45) is 11.8 Å². The van der Waals surface area contributed by atoms with Crippen LogP contribution in [0.25, 0.3) is 0 Å². The third kappa shape index (κ3) is 4.68. The van der Waals surface area contributed by atoms with Crippen molar-refractivity contribution in [3.05, 3.63) is 24.3 Å². The number of rotatable bonds is 6. The minimum absolute atomic E-state index is 0.156. The fraction of sp³-hybridized carbons (Fsp3) is 0.652. The van der Waals surface area contributed by atoms with Gasteiger partial charge in [-0.2, -0.15) is 0 Å². The molecule has 1 aromatic rings. The predicted octanol–water partition coefficient (Wildman–Crippen LogP) is 4.04. The van der Waals surface area contributed by atoms with E-state index >= 15 is 0 Å². The van der Waals surface area contributed by atoms with E-state index in [1.54, 1.807) is 0 Å². The molecule has 0 aromatic heterocycles. The quantitative estimate of drug-likeness (QED) is 0.806. The first-order chi connectivity index (χ1) is 13.7. The van der Waals surface area contributed by atoms with Gasteiger partial charge in [0.05, 0.1) is 0 Å². The third-order valence-electron chi connectivity index (χ3n) is 6.85. The number of carbonyl (C=O) groups excluding carboxylic acids is 2. The topological polar surface area (TPSA) is 52.7 Å². The molecule has 1 heterocycles. The van der Waals surface area contributed by atoms with E-state index in [4.69, 9.17) is 0 Å². The van der Waals surface area contributed by atoms with E-state index in [1.165, 1.54) is 37.8 Å². The van der Waals surface area contributed by atoms with Gasteiger partial charge in [-0.15, -0.1) is 0 Å². The Balaban J connectivity index is 1.21. The van der Waals surface area contributed by atoms with Gasteiger partial charge in [0.15, 0.2) is 0 Å². The molecule has 5 nitrogen and oxygen atoms in total. The maximum atomic E-state index is 12.5. The zero-order chi connectivity index (χ0) is 19.3. The molecule has 1 N–H and O–H groups in total. The Kier molecular flexibility index (Phi) is 6.18. The molecule has 1 aliphatic heterocycles. The van der Waals surface area contributed by atoms with Crippen molar-refractivity contribution in [1.82, 2.24) is 4.90 Å².